The van der Waals surface area contributed by atoms with E-state index in [1.54, 1.807) is 17.0 Å². The highest BCUT2D eigenvalue weighted by Gasteiger charge is 2.43. The second-order valence-corrected chi connectivity index (χ2v) is 6.69. The lowest BCUT2D eigenvalue weighted by atomic mass is 9.73. The van der Waals surface area contributed by atoms with Gasteiger partial charge in [-0.05, 0) is 30.5 Å². The van der Waals surface area contributed by atoms with E-state index in [2.05, 4.69) is 4.98 Å². The molecule has 3 rings (SSSR count). The molecule has 0 aliphatic carbocycles. The van der Waals surface area contributed by atoms with Gasteiger partial charge in [0.25, 0.3) is 5.91 Å². The zero-order valence-corrected chi connectivity index (χ0v) is 14.0. The van der Waals surface area contributed by atoms with Crippen LogP contribution in [0.1, 0.15) is 22.3 Å². The number of aliphatic hydroxyl groups is 2. The topological polar surface area (TPSA) is 99.7 Å². The van der Waals surface area contributed by atoms with Crippen molar-refractivity contribution in [2.45, 2.75) is 18.9 Å². The van der Waals surface area contributed by atoms with Crippen molar-refractivity contribution in [1.29, 1.82) is 0 Å². The van der Waals surface area contributed by atoms with Crippen LogP contribution in [0.25, 0.3) is 0 Å². The number of carbonyl (C=O) groups excluding carboxylic acids is 1. The minimum Gasteiger partial charge on any atom is -0.396 e. The number of hydrogen-bond donors (Lipinski definition) is 3. The van der Waals surface area contributed by atoms with Crippen LogP contribution >= 0.6 is 0 Å². The molecule has 2 aromatic rings. The molecular formula is C19H23N3O3. The number of aromatic nitrogens is 1. The second-order valence-electron chi connectivity index (χ2n) is 6.69. The van der Waals surface area contributed by atoms with Crippen LogP contribution in [0.3, 0.4) is 0 Å². The van der Waals surface area contributed by atoms with Gasteiger partial charge in [0, 0.05) is 24.7 Å². The number of piperidine rings is 1. The molecule has 6 nitrogen and oxygen atoms in total. The van der Waals surface area contributed by atoms with Crippen molar-refractivity contribution in [1.82, 2.24) is 9.88 Å². The van der Waals surface area contributed by atoms with Gasteiger partial charge in [-0.3, -0.25) is 4.79 Å². The van der Waals surface area contributed by atoms with Crippen molar-refractivity contribution in [2.75, 3.05) is 25.4 Å². The van der Waals surface area contributed by atoms with Crippen molar-refractivity contribution < 1.29 is 15.0 Å². The molecular weight excluding hydrogens is 318 g/mol. The Kier molecular flexibility index (Phi) is 5.01. The third-order valence-electron chi connectivity index (χ3n) is 4.92. The van der Waals surface area contributed by atoms with E-state index in [1.807, 2.05) is 30.3 Å². The van der Waals surface area contributed by atoms with Crippen molar-refractivity contribution in [2.24, 2.45) is 5.41 Å². The van der Waals surface area contributed by atoms with Crippen LogP contribution in [-0.2, 0) is 6.42 Å². The molecule has 1 amide bonds. The van der Waals surface area contributed by atoms with Crippen LogP contribution in [-0.4, -0.2) is 51.8 Å². The first-order valence-electron chi connectivity index (χ1n) is 8.38. The predicted molar refractivity (Wildman–Crippen MR) is 94.8 cm³/mol. The molecule has 2 heterocycles. The Morgan fingerprint density at radius 2 is 2.04 bits per heavy atom. The number of nitrogen functional groups attached to an aromatic ring is 1. The maximum Gasteiger partial charge on any atom is 0.255 e. The van der Waals surface area contributed by atoms with Gasteiger partial charge in [-0.15, -0.1) is 0 Å². The summed E-state index contributed by atoms with van der Waals surface area (Å²) in [5, 5.41) is 20.6. The number of carbonyl (C=O) groups is 1. The number of hydrogen-bond acceptors (Lipinski definition) is 5. The molecule has 1 aromatic carbocycles. The molecule has 1 aliphatic rings. The first-order chi connectivity index (χ1) is 12.0. The number of nitrogens with two attached hydrogens (primary N) is 1. The highest BCUT2D eigenvalue weighted by atomic mass is 16.3. The Bertz CT molecular complexity index is 720. The molecule has 0 unspecified atom stereocenters. The van der Waals surface area contributed by atoms with Crippen molar-refractivity contribution >= 4 is 11.7 Å². The van der Waals surface area contributed by atoms with Crippen LogP contribution in [0.4, 0.5) is 5.82 Å². The van der Waals surface area contributed by atoms with Crippen LogP contribution < -0.4 is 5.73 Å². The molecule has 0 bridgehead atoms. The van der Waals surface area contributed by atoms with Crippen LogP contribution in [0.15, 0.2) is 48.7 Å². The van der Waals surface area contributed by atoms with Crippen molar-refractivity contribution in [3.8, 4) is 0 Å². The summed E-state index contributed by atoms with van der Waals surface area (Å²) in [6.07, 6.45) is 1.74. The number of benzene rings is 1. The van der Waals surface area contributed by atoms with Gasteiger partial charge >= 0.3 is 0 Å². The zero-order chi connectivity index (χ0) is 17.9. The number of rotatable bonds is 4. The summed E-state index contributed by atoms with van der Waals surface area (Å²) in [5.41, 5.74) is 6.29. The van der Waals surface area contributed by atoms with Gasteiger partial charge in [-0.2, -0.15) is 0 Å². The fourth-order valence-corrected chi connectivity index (χ4v) is 3.42. The minimum atomic E-state index is -0.767. The number of likely N-dealkylation sites (tertiary alicyclic amines) is 1. The van der Waals surface area contributed by atoms with Gasteiger partial charge in [0.2, 0.25) is 0 Å². The molecule has 25 heavy (non-hydrogen) atoms. The number of pyridine rings is 1. The number of aliphatic hydroxyl groups excluding tert-OH is 2. The Hall–Kier alpha value is -2.44. The van der Waals surface area contributed by atoms with Crippen LogP contribution in [0, 0.1) is 5.41 Å². The average molecular weight is 341 g/mol. The van der Waals surface area contributed by atoms with E-state index in [9.17, 15) is 15.0 Å². The largest absolute Gasteiger partial charge is 0.396 e. The van der Waals surface area contributed by atoms with Crippen molar-refractivity contribution in [3.63, 3.8) is 0 Å². The Morgan fingerprint density at radius 1 is 1.28 bits per heavy atom. The van der Waals surface area contributed by atoms with E-state index in [1.165, 1.54) is 6.20 Å². The van der Waals surface area contributed by atoms with Gasteiger partial charge in [0.05, 0.1) is 18.3 Å². The van der Waals surface area contributed by atoms with Gasteiger partial charge < -0.3 is 20.8 Å². The second kappa shape index (κ2) is 7.21. The standard InChI is InChI=1S/C19H23N3O3/c20-17-7-6-15(11-21-17)18(25)22-9-8-16(24)19(12-22,13-23)10-14-4-2-1-3-5-14/h1-7,11,16,23-24H,8-10,12-13H2,(H2,20,21)/t16-,19+/m0/s1. The molecule has 1 fully saturated rings. The molecule has 1 aromatic heterocycles. The monoisotopic (exact) mass is 341 g/mol. The quantitative estimate of drug-likeness (QED) is 0.773. The molecule has 0 spiro atoms. The normalized spacial score (nSPS) is 23.4. The third kappa shape index (κ3) is 3.65. The highest BCUT2D eigenvalue weighted by Crippen LogP contribution is 2.34. The van der Waals surface area contributed by atoms with Crippen molar-refractivity contribution in [3.05, 3.63) is 59.8 Å². The van der Waals surface area contributed by atoms with E-state index in [-0.39, 0.29) is 12.5 Å². The molecule has 132 valence electrons. The minimum absolute atomic E-state index is 0.162. The summed E-state index contributed by atoms with van der Waals surface area (Å²) in [7, 11) is 0. The number of anilines is 1. The predicted octanol–water partition coefficient (Wildman–Crippen LogP) is 1.09. The molecule has 1 aliphatic heterocycles. The van der Waals surface area contributed by atoms with Gasteiger partial charge in [-0.1, -0.05) is 30.3 Å². The summed E-state index contributed by atoms with van der Waals surface area (Å²) in [4.78, 5) is 18.4. The molecule has 2 atom stereocenters. The van der Waals surface area contributed by atoms with Gasteiger partial charge in [0.1, 0.15) is 5.82 Å². The lowest BCUT2D eigenvalue weighted by Crippen LogP contribution is -2.56. The lowest BCUT2D eigenvalue weighted by Gasteiger charge is -2.45. The van der Waals surface area contributed by atoms with E-state index in [4.69, 9.17) is 5.73 Å². The fraction of sp³-hybridized carbons (Fsp3) is 0.368. The first kappa shape index (κ1) is 17.4. The zero-order valence-electron chi connectivity index (χ0n) is 14.0. The number of amides is 1. The summed E-state index contributed by atoms with van der Waals surface area (Å²) >= 11 is 0. The Morgan fingerprint density at radius 3 is 2.68 bits per heavy atom. The van der Waals surface area contributed by atoms with E-state index >= 15 is 0 Å². The van der Waals surface area contributed by atoms with Crippen LogP contribution in [0.5, 0.6) is 0 Å². The fourth-order valence-electron chi connectivity index (χ4n) is 3.42. The first-order valence-corrected chi connectivity index (χ1v) is 8.38. The van der Waals surface area contributed by atoms with Gasteiger partial charge in [-0.25, -0.2) is 4.98 Å². The summed E-state index contributed by atoms with van der Waals surface area (Å²) < 4.78 is 0. The molecule has 4 N–H and O–H groups in total. The maximum atomic E-state index is 12.8. The highest BCUT2D eigenvalue weighted by molar-refractivity contribution is 5.94. The average Bonchev–Trinajstić information content (AvgIpc) is 2.64. The smallest absolute Gasteiger partial charge is 0.255 e. The summed E-state index contributed by atoms with van der Waals surface area (Å²) in [6, 6.07) is 13.0. The molecule has 1 saturated heterocycles. The Labute approximate surface area is 146 Å². The molecule has 6 heteroatoms. The SMILES string of the molecule is Nc1ccc(C(=O)N2CC[C@H](O)[C@](CO)(Cc3ccccc3)C2)cn1. The maximum absolute atomic E-state index is 12.8. The summed E-state index contributed by atoms with van der Waals surface area (Å²) in [6.45, 7) is 0.552. The van der Waals surface area contributed by atoms with E-state index < -0.39 is 11.5 Å². The number of nitrogens with zero attached hydrogens (tertiary/aromatic N) is 2. The van der Waals surface area contributed by atoms with Crippen LogP contribution in [0.2, 0.25) is 0 Å². The van der Waals surface area contributed by atoms with E-state index in [0.717, 1.165) is 5.56 Å². The lowest BCUT2D eigenvalue weighted by molar-refractivity contribution is -0.0668. The van der Waals surface area contributed by atoms with E-state index in [0.29, 0.717) is 37.3 Å². The Balaban J connectivity index is 1.81. The third-order valence-corrected chi connectivity index (χ3v) is 4.92. The molecule has 0 radical (unpaired) electrons. The van der Waals surface area contributed by atoms with Gasteiger partial charge in [0.15, 0.2) is 0 Å². The molecule has 0 saturated carbocycles. The summed E-state index contributed by atoms with van der Waals surface area (Å²) in [5.74, 6) is 0.199.